The molecule has 0 spiro atoms. The van der Waals surface area contributed by atoms with Crippen LogP contribution in [-0.4, -0.2) is 22.3 Å². The Morgan fingerprint density at radius 1 is 1.25 bits per heavy atom. The summed E-state index contributed by atoms with van der Waals surface area (Å²) in [5.41, 5.74) is 2.49. The minimum Gasteiger partial charge on any atom is -0.361 e. The van der Waals surface area contributed by atoms with Crippen molar-refractivity contribution in [3.05, 3.63) is 58.4 Å². The SMILES string of the molecule is O=C(CCCc1c[nH]c2ccccc12)N1CCC[C@H]1c1cccs1. The molecule has 1 atom stereocenters. The third-order valence-corrected chi connectivity index (χ3v) is 5.93. The molecule has 0 unspecified atom stereocenters. The van der Waals surface area contributed by atoms with E-state index in [-0.39, 0.29) is 0 Å². The molecule has 124 valence electrons. The van der Waals surface area contributed by atoms with Gasteiger partial charge in [0.1, 0.15) is 0 Å². The standard InChI is InChI=1S/C20H22N2OS/c23-20(22-12-4-9-18(22)19-10-5-13-24-19)11-3-6-15-14-21-17-8-2-1-7-16(15)17/h1-2,5,7-8,10,13-14,18,21H,3-4,6,9,11-12H2/t18-/m0/s1. The van der Waals surface area contributed by atoms with Crippen LogP contribution in [0.3, 0.4) is 0 Å². The van der Waals surface area contributed by atoms with E-state index in [1.54, 1.807) is 11.3 Å². The summed E-state index contributed by atoms with van der Waals surface area (Å²) >= 11 is 1.77. The molecule has 4 heteroatoms. The van der Waals surface area contributed by atoms with Gasteiger partial charge in [0.15, 0.2) is 0 Å². The van der Waals surface area contributed by atoms with Crippen LogP contribution >= 0.6 is 11.3 Å². The smallest absolute Gasteiger partial charge is 0.223 e. The fourth-order valence-electron chi connectivity index (χ4n) is 3.75. The molecule has 0 radical (unpaired) electrons. The number of nitrogens with one attached hydrogen (secondary N) is 1. The average Bonchev–Trinajstić information content (AvgIpc) is 3.34. The van der Waals surface area contributed by atoms with Crippen LogP contribution in [0.15, 0.2) is 48.0 Å². The second kappa shape index (κ2) is 6.81. The van der Waals surface area contributed by atoms with Gasteiger partial charge in [-0.05, 0) is 48.8 Å². The Hall–Kier alpha value is -2.07. The Morgan fingerprint density at radius 2 is 2.17 bits per heavy atom. The summed E-state index contributed by atoms with van der Waals surface area (Å²) in [4.78, 5) is 19.4. The van der Waals surface area contributed by atoms with Crippen molar-refractivity contribution >= 4 is 28.1 Å². The fourth-order valence-corrected chi connectivity index (χ4v) is 4.63. The van der Waals surface area contributed by atoms with Gasteiger partial charge in [-0.25, -0.2) is 0 Å². The van der Waals surface area contributed by atoms with E-state index in [2.05, 4.69) is 51.8 Å². The van der Waals surface area contributed by atoms with E-state index in [0.29, 0.717) is 18.4 Å². The molecule has 24 heavy (non-hydrogen) atoms. The van der Waals surface area contributed by atoms with Crippen molar-refractivity contribution in [1.82, 2.24) is 9.88 Å². The topological polar surface area (TPSA) is 36.1 Å². The molecule has 1 N–H and O–H groups in total. The molecule has 2 aromatic heterocycles. The highest BCUT2D eigenvalue weighted by Gasteiger charge is 2.29. The van der Waals surface area contributed by atoms with Crippen molar-refractivity contribution in [2.24, 2.45) is 0 Å². The van der Waals surface area contributed by atoms with Gasteiger partial charge in [-0.3, -0.25) is 4.79 Å². The van der Waals surface area contributed by atoms with Crippen molar-refractivity contribution in [2.75, 3.05) is 6.54 Å². The number of rotatable bonds is 5. The maximum Gasteiger partial charge on any atom is 0.223 e. The van der Waals surface area contributed by atoms with Crippen LogP contribution in [0.2, 0.25) is 0 Å². The minimum absolute atomic E-state index is 0.311. The number of para-hydroxylation sites is 1. The van der Waals surface area contributed by atoms with Gasteiger partial charge < -0.3 is 9.88 Å². The molecule has 4 rings (SSSR count). The van der Waals surface area contributed by atoms with E-state index in [0.717, 1.165) is 32.2 Å². The highest BCUT2D eigenvalue weighted by atomic mass is 32.1. The maximum atomic E-state index is 12.7. The van der Waals surface area contributed by atoms with E-state index in [4.69, 9.17) is 0 Å². The van der Waals surface area contributed by atoms with Crippen LogP contribution in [0.1, 0.15) is 42.2 Å². The summed E-state index contributed by atoms with van der Waals surface area (Å²) in [6.07, 6.45) is 6.81. The number of aromatic amines is 1. The number of aryl methyl sites for hydroxylation is 1. The first-order chi connectivity index (χ1) is 11.8. The lowest BCUT2D eigenvalue weighted by atomic mass is 10.1. The lowest BCUT2D eigenvalue weighted by Gasteiger charge is -2.24. The maximum absolute atomic E-state index is 12.7. The number of carbonyl (C=O) groups is 1. The predicted octanol–water partition coefficient (Wildman–Crippen LogP) is 4.92. The molecule has 1 aliphatic rings. The van der Waals surface area contributed by atoms with Gasteiger partial charge in [-0.15, -0.1) is 11.3 Å². The summed E-state index contributed by atoms with van der Waals surface area (Å²) in [5, 5.41) is 3.38. The van der Waals surface area contributed by atoms with Crippen molar-refractivity contribution < 1.29 is 4.79 Å². The number of nitrogens with zero attached hydrogens (tertiary/aromatic N) is 1. The normalized spacial score (nSPS) is 17.7. The zero-order valence-corrected chi connectivity index (χ0v) is 14.5. The van der Waals surface area contributed by atoms with E-state index in [9.17, 15) is 4.79 Å². The molecule has 1 aromatic carbocycles. The molecule has 3 nitrogen and oxygen atoms in total. The van der Waals surface area contributed by atoms with Crippen molar-refractivity contribution in [3.63, 3.8) is 0 Å². The van der Waals surface area contributed by atoms with Gasteiger partial charge in [0.25, 0.3) is 0 Å². The first kappa shape index (κ1) is 15.5. The van der Waals surface area contributed by atoms with Gasteiger partial charge in [-0.1, -0.05) is 24.3 Å². The zero-order valence-electron chi connectivity index (χ0n) is 13.7. The van der Waals surface area contributed by atoms with Crippen LogP contribution in [0.4, 0.5) is 0 Å². The summed E-state index contributed by atoms with van der Waals surface area (Å²) in [5.74, 6) is 0.311. The Balaban J connectivity index is 1.36. The van der Waals surface area contributed by atoms with Gasteiger partial charge in [0, 0.05) is 34.9 Å². The third-order valence-electron chi connectivity index (χ3n) is 4.96. The number of H-pyrrole nitrogens is 1. The monoisotopic (exact) mass is 338 g/mol. The molecule has 1 fully saturated rings. The molecule has 0 aliphatic carbocycles. The second-order valence-electron chi connectivity index (χ2n) is 6.47. The predicted molar refractivity (Wildman–Crippen MR) is 99.2 cm³/mol. The molecule has 1 saturated heterocycles. The fraction of sp³-hybridized carbons (Fsp3) is 0.350. The molecule has 1 aliphatic heterocycles. The molecular weight excluding hydrogens is 316 g/mol. The Kier molecular flexibility index (Phi) is 4.39. The second-order valence-corrected chi connectivity index (χ2v) is 7.45. The number of thiophene rings is 1. The number of amides is 1. The Bertz CT molecular complexity index is 821. The summed E-state index contributed by atoms with van der Waals surface area (Å²) in [7, 11) is 0. The quantitative estimate of drug-likeness (QED) is 0.704. The number of hydrogen-bond acceptors (Lipinski definition) is 2. The van der Waals surface area contributed by atoms with Gasteiger partial charge >= 0.3 is 0 Å². The highest BCUT2D eigenvalue weighted by molar-refractivity contribution is 7.10. The first-order valence-corrected chi connectivity index (χ1v) is 9.59. The van der Waals surface area contributed by atoms with Gasteiger partial charge in [0.05, 0.1) is 6.04 Å². The third kappa shape index (κ3) is 2.98. The summed E-state index contributed by atoms with van der Waals surface area (Å²) in [6, 6.07) is 12.9. The van der Waals surface area contributed by atoms with Crippen LogP contribution in [0.5, 0.6) is 0 Å². The van der Waals surface area contributed by atoms with Gasteiger partial charge in [-0.2, -0.15) is 0 Å². The van der Waals surface area contributed by atoms with E-state index < -0.39 is 0 Å². The Morgan fingerprint density at radius 3 is 3.04 bits per heavy atom. The van der Waals surface area contributed by atoms with Crippen LogP contribution in [0.25, 0.3) is 10.9 Å². The van der Waals surface area contributed by atoms with E-state index in [1.807, 2.05) is 6.07 Å². The molecule has 0 saturated carbocycles. The molecule has 1 amide bonds. The van der Waals surface area contributed by atoms with E-state index >= 15 is 0 Å². The first-order valence-electron chi connectivity index (χ1n) is 8.71. The van der Waals surface area contributed by atoms with Crippen LogP contribution < -0.4 is 0 Å². The lowest BCUT2D eigenvalue weighted by molar-refractivity contribution is -0.132. The summed E-state index contributed by atoms with van der Waals surface area (Å²) < 4.78 is 0. The van der Waals surface area contributed by atoms with Crippen LogP contribution in [-0.2, 0) is 11.2 Å². The number of likely N-dealkylation sites (tertiary alicyclic amines) is 1. The van der Waals surface area contributed by atoms with Crippen LogP contribution in [0, 0.1) is 0 Å². The van der Waals surface area contributed by atoms with E-state index in [1.165, 1.54) is 21.3 Å². The molecule has 0 bridgehead atoms. The average molecular weight is 338 g/mol. The highest BCUT2D eigenvalue weighted by Crippen LogP contribution is 2.35. The molecular formula is C20H22N2OS. The molecule has 3 heterocycles. The molecule has 3 aromatic rings. The summed E-state index contributed by atoms with van der Waals surface area (Å²) in [6.45, 7) is 0.911. The Labute approximate surface area is 146 Å². The van der Waals surface area contributed by atoms with Crippen molar-refractivity contribution in [1.29, 1.82) is 0 Å². The zero-order chi connectivity index (χ0) is 16.4. The lowest BCUT2D eigenvalue weighted by Crippen LogP contribution is -2.30. The number of aromatic nitrogens is 1. The van der Waals surface area contributed by atoms with Gasteiger partial charge in [0.2, 0.25) is 5.91 Å². The largest absolute Gasteiger partial charge is 0.361 e. The number of fused-ring (bicyclic) bond motifs is 1. The number of carbonyl (C=O) groups excluding carboxylic acids is 1. The number of benzene rings is 1. The van der Waals surface area contributed by atoms with Crippen molar-refractivity contribution in [2.45, 2.75) is 38.1 Å². The minimum atomic E-state index is 0.311. The van der Waals surface area contributed by atoms with Crippen molar-refractivity contribution in [3.8, 4) is 0 Å². The number of hydrogen-bond donors (Lipinski definition) is 1.